The van der Waals surface area contributed by atoms with Crippen LogP contribution in [-0.2, 0) is 18.0 Å². The Bertz CT molecular complexity index is 462. The summed E-state index contributed by atoms with van der Waals surface area (Å²) in [6.07, 6.45) is 2.02. The summed E-state index contributed by atoms with van der Waals surface area (Å²) < 4.78 is 0. The van der Waals surface area contributed by atoms with Gasteiger partial charge in [0.1, 0.15) is 0 Å². The van der Waals surface area contributed by atoms with Gasteiger partial charge in [0.2, 0.25) is 0 Å². The third-order valence-electron chi connectivity index (χ3n) is 2.95. The maximum Gasteiger partial charge on any atom is 0.0933 e. The molecule has 0 aliphatic carbocycles. The zero-order valence-electron chi connectivity index (χ0n) is 10.3. The standard InChI is InChI=1S/C14H18N2O/c1-11-12(2)15-8-14(11)9-16-17-10-13-6-4-3-5-7-13/h3-8,15-16H,9-10H2,1-2H3. The van der Waals surface area contributed by atoms with Crippen molar-refractivity contribution in [2.45, 2.75) is 27.0 Å². The van der Waals surface area contributed by atoms with E-state index in [1.807, 2.05) is 36.5 Å². The van der Waals surface area contributed by atoms with Crippen molar-refractivity contribution in [3.05, 3.63) is 58.9 Å². The highest BCUT2D eigenvalue weighted by atomic mass is 16.6. The fourth-order valence-corrected chi connectivity index (χ4v) is 1.67. The first-order valence-electron chi connectivity index (χ1n) is 5.79. The van der Waals surface area contributed by atoms with Gasteiger partial charge in [-0.15, -0.1) is 0 Å². The normalized spacial score (nSPS) is 10.7. The van der Waals surface area contributed by atoms with Crippen LogP contribution in [0.5, 0.6) is 0 Å². The molecule has 90 valence electrons. The molecule has 1 aromatic carbocycles. The van der Waals surface area contributed by atoms with E-state index in [1.54, 1.807) is 0 Å². The molecule has 0 unspecified atom stereocenters. The molecular weight excluding hydrogens is 212 g/mol. The fourth-order valence-electron chi connectivity index (χ4n) is 1.67. The third-order valence-corrected chi connectivity index (χ3v) is 2.95. The second-order valence-corrected chi connectivity index (χ2v) is 4.16. The molecular formula is C14H18N2O. The van der Waals surface area contributed by atoms with Gasteiger partial charge in [-0.1, -0.05) is 30.3 Å². The summed E-state index contributed by atoms with van der Waals surface area (Å²) in [4.78, 5) is 8.62. The van der Waals surface area contributed by atoms with Crippen molar-refractivity contribution in [2.75, 3.05) is 0 Å². The van der Waals surface area contributed by atoms with E-state index in [9.17, 15) is 0 Å². The first-order chi connectivity index (χ1) is 8.27. The van der Waals surface area contributed by atoms with Gasteiger partial charge in [0.25, 0.3) is 0 Å². The molecule has 2 aromatic rings. The van der Waals surface area contributed by atoms with E-state index >= 15 is 0 Å². The maximum atomic E-state index is 5.42. The van der Waals surface area contributed by atoms with Gasteiger partial charge in [-0.05, 0) is 30.5 Å². The topological polar surface area (TPSA) is 37.0 Å². The number of hydroxylamine groups is 1. The van der Waals surface area contributed by atoms with Gasteiger partial charge in [-0.25, -0.2) is 0 Å². The van der Waals surface area contributed by atoms with Gasteiger partial charge in [-0.3, -0.25) is 4.84 Å². The van der Waals surface area contributed by atoms with Gasteiger partial charge in [0.05, 0.1) is 6.61 Å². The molecule has 0 bridgehead atoms. The average molecular weight is 230 g/mol. The molecule has 2 N–H and O–H groups in total. The van der Waals surface area contributed by atoms with E-state index in [1.165, 1.54) is 22.4 Å². The van der Waals surface area contributed by atoms with Crippen LogP contribution < -0.4 is 5.48 Å². The average Bonchev–Trinajstić information content (AvgIpc) is 2.67. The summed E-state index contributed by atoms with van der Waals surface area (Å²) in [5.74, 6) is 0. The summed E-state index contributed by atoms with van der Waals surface area (Å²) in [6.45, 7) is 5.50. The zero-order valence-corrected chi connectivity index (χ0v) is 10.3. The SMILES string of the molecule is Cc1[nH]cc(CNOCc2ccccc2)c1C. The number of hydrogen-bond donors (Lipinski definition) is 2. The first kappa shape index (κ1) is 11.9. The molecule has 0 radical (unpaired) electrons. The lowest BCUT2D eigenvalue weighted by molar-refractivity contribution is 0.0234. The molecule has 2 rings (SSSR count). The summed E-state index contributed by atoms with van der Waals surface area (Å²) in [6, 6.07) is 10.1. The Balaban J connectivity index is 1.75. The van der Waals surface area contributed by atoms with Crippen LogP contribution in [0, 0.1) is 13.8 Å². The summed E-state index contributed by atoms with van der Waals surface area (Å²) in [5, 5.41) is 0. The lowest BCUT2D eigenvalue weighted by Crippen LogP contribution is -2.14. The third kappa shape index (κ3) is 3.19. The highest BCUT2D eigenvalue weighted by molar-refractivity contribution is 5.28. The van der Waals surface area contributed by atoms with E-state index < -0.39 is 0 Å². The zero-order chi connectivity index (χ0) is 12.1. The Morgan fingerprint density at radius 1 is 1.18 bits per heavy atom. The van der Waals surface area contributed by atoms with Gasteiger partial charge in [-0.2, -0.15) is 5.48 Å². The fraction of sp³-hybridized carbons (Fsp3) is 0.286. The monoisotopic (exact) mass is 230 g/mol. The van der Waals surface area contributed by atoms with Gasteiger partial charge >= 0.3 is 0 Å². The maximum absolute atomic E-state index is 5.42. The predicted molar refractivity (Wildman–Crippen MR) is 68.3 cm³/mol. The molecule has 0 aliphatic heterocycles. The Morgan fingerprint density at radius 3 is 2.59 bits per heavy atom. The van der Waals surface area contributed by atoms with Gasteiger partial charge < -0.3 is 4.98 Å². The molecule has 17 heavy (non-hydrogen) atoms. The number of nitrogens with one attached hydrogen (secondary N) is 2. The van der Waals surface area contributed by atoms with Crippen molar-refractivity contribution in [3.63, 3.8) is 0 Å². The molecule has 0 saturated carbocycles. The minimum Gasteiger partial charge on any atom is -0.365 e. The minimum absolute atomic E-state index is 0.587. The van der Waals surface area contributed by atoms with E-state index in [0.29, 0.717) is 6.61 Å². The van der Waals surface area contributed by atoms with Crippen LogP contribution in [0.2, 0.25) is 0 Å². The van der Waals surface area contributed by atoms with Crippen molar-refractivity contribution in [1.82, 2.24) is 10.5 Å². The first-order valence-corrected chi connectivity index (χ1v) is 5.79. The number of aryl methyl sites for hydroxylation is 1. The smallest absolute Gasteiger partial charge is 0.0933 e. The second kappa shape index (κ2) is 5.66. The van der Waals surface area contributed by atoms with Crippen LogP contribution in [0.1, 0.15) is 22.4 Å². The van der Waals surface area contributed by atoms with Crippen molar-refractivity contribution >= 4 is 0 Å². The Morgan fingerprint density at radius 2 is 1.94 bits per heavy atom. The molecule has 3 heteroatoms. The summed E-state index contributed by atoms with van der Waals surface area (Å²) in [7, 11) is 0. The lowest BCUT2D eigenvalue weighted by atomic mass is 10.2. The molecule has 0 spiro atoms. The Kier molecular flexibility index (Phi) is 3.96. The number of hydrogen-bond acceptors (Lipinski definition) is 2. The molecule has 0 atom stereocenters. The largest absolute Gasteiger partial charge is 0.365 e. The van der Waals surface area contributed by atoms with E-state index in [0.717, 1.165) is 6.54 Å². The molecule has 0 saturated heterocycles. The second-order valence-electron chi connectivity index (χ2n) is 4.16. The van der Waals surface area contributed by atoms with Crippen molar-refractivity contribution in [3.8, 4) is 0 Å². The van der Waals surface area contributed by atoms with E-state index in [4.69, 9.17) is 4.84 Å². The molecule has 3 nitrogen and oxygen atoms in total. The molecule has 0 aliphatic rings. The molecule has 1 heterocycles. The van der Waals surface area contributed by atoms with Crippen LogP contribution in [0.25, 0.3) is 0 Å². The minimum atomic E-state index is 0.587. The van der Waals surface area contributed by atoms with Crippen LogP contribution >= 0.6 is 0 Å². The van der Waals surface area contributed by atoms with Crippen LogP contribution in [0.3, 0.4) is 0 Å². The Hall–Kier alpha value is -1.58. The number of aromatic amines is 1. The Labute approximate surface area is 102 Å². The van der Waals surface area contributed by atoms with Crippen molar-refractivity contribution in [2.24, 2.45) is 0 Å². The molecule has 0 amide bonds. The highest BCUT2D eigenvalue weighted by Crippen LogP contribution is 2.11. The van der Waals surface area contributed by atoms with Crippen LogP contribution in [0.15, 0.2) is 36.5 Å². The quantitative estimate of drug-likeness (QED) is 0.612. The van der Waals surface area contributed by atoms with Crippen molar-refractivity contribution < 1.29 is 4.84 Å². The number of H-pyrrole nitrogens is 1. The van der Waals surface area contributed by atoms with Gasteiger partial charge in [0.15, 0.2) is 0 Å². The lowest BCUT2D eigenvalue weighted by Gasteiger charge is -2.05. The van der Waals surface area contributed by atoms with E-state index in [-0.39, 0.29) is 0 Å². The van der Waals surface area contributed by atoms with Crippen LogP contribution in [-0.4, -0.2) is 4.98 Å². The number of rotatable bonds is 5. The van der Waals surface area contributed by atoms with Gasteiger partial charge in [0, 0.05) is 18.4 Å². The number of benzene rings is 1. The summed E-state index contributed by atoms with van der Waals surface area (Å²) in [5.41, 5.74) is 7.90. The van der Waals surface area contributed by atoms with Crippen molar-refractivity contribution in [1.29, 1.82) is 0 Å². The van der Waals surface area contributed by atoms with Crippen LogP contribution in [0.4, 0.5) is 0 Å². The number of aromatic nitrogens is 1. The summed E-state index contributed by atoms with van der Waals surface area (Å²) >= 11 is 0. The molecule has 0 fully saturated rings. The predicted octanol–water partition coefficient (Wildman–Crippen LogP) is 2.85. The highest BCUT2D eigenvalue weighted by Gasteiger charge is 2.02. The molecule has 1 aromatic heterocycles. The van der Waals surface area contributed by atoms with E-state index in [2.05, 4.69) is 24.3 Å².